The van der Waals surface area contributed by atoms with Crippen LogP contribution in [0.4, 0.5) is 10.1 Å². The minimum Gasteiger partial charge on any atom is -0.497 e. The lowest BCUT2D eigenvalue weighted by atomic mass is 9.87. The topological polar surface area (TPSA) is 47.7 Å². The minimum atomic E-state index is -0.257. The van der Waals surface area contributed by atoms with Crippen LogP contribution in [-0.4, -0.2) is 44.4 Å². The summed E-state index contributed by atoms with van der Waals surface area (Å²) in [4.78, 5) is 2.29. The van der Waals surface area contributed by atoms with Crippen molar-refractivity contribution >= 4 is 16.8 Å². The molecule has 36 heavy (non-hydrogen) atoms. The molecule has 0 bridgehead atoms. The number of ether oxygens (including phenoxy) is 2. The van der Waals surface area contributed by atoms with Crippen LogP contribution in [0.2, 0.25) is 0 Å². The van der Waals surface area contributed by atoms with E-state index in [1.54, 1.807) is 7.11 Å². The predicted molar refractivity (Wildman–Crippen MR) is 145 cm³/mol. The molecule has 1 atom stereocenters. The molecule has 1 heterocycles. The van der Waals surface area contributed by atoms with Crippen LogP contribution in [0.5, 0.6) is 11.5 Å². The smallest absolute Gasteiger partial charge is 0.119 e. The summed E-state index contributed by atoms with van der Waals surface area (Å²) in [6.45, 7) is 2.38. The minimum absolute atomic E-state index is 0.156. The fourth-order valence-corrected chi connectivity index (χ4v) is 5.51. The first-order valence-corrected chi connectivity index (χ1v) is 13.0. The zero-order valence-electron chi connectivity index (χ0n) is 21.0. The van der Waals surface area contributed by atoms with E-state index >= 15 is 0 Å². The molecule has 4 nitrogen and oxygen atoms in total. The van der Waals surface area contributed by atoms with Crippen molar-refractivity contribution in [3.63, 3.8) is 0 Å². The van der Waals surface area contributed by atoms with E-state index in [2.05, 4.69) is 59.5 Å². The number of rotatable bonds is 8. The predicted octanol–water partition coefficient (Wildman–Crippen LogP) is 6.39. The molecule has 5 rings (SSSR count). The normalized spacial score (nSPS) is 18.1. The lowest BCUT2D eigenvalue weighted by Crippen LogP contribution is -2.26. The number of aryl methyl sites for hydroxylation is 1. The second-order valence-corrected chi connectivity index (χ2v) is 9.75. The number of likely N-dealkylation sites (tertiary alicyclic amines) is 1. The van der Waals surface area contributed by atoms with Crippen molar-refractivity contribution in [1.29, 1.82) is 0 Å². The number of hydrogen-bond donors (Lipinski definition) is 1. The number of fused-ring (bicyclic) bond motifs is 1. The molecule has 188 valence electrons. The number of hydrogen-bond acceptors (Lipinski definition) is 4. The van der Waals surface area contributed by atoms with Gasteiger partial charge >= 0.3 is 0 Å². The van der Waals surface area contributed by atoms with Gasteiger partial charge in [0.25, 0.3) is 0 Å². The molecular formula is C31H35FN2O2. The molecule has 0 unspecified atom stereocenters. The number of nitrogen functional groups attached to an aromatic ring is 1. The summed E-state index contributed by atoms with van der Waals surface area (Å²) >= 11 is 0. The number of methoxy groups -OCH3 is 1. The van der Waals surface area contributed by atoms with Crippen LogP contribution < -0.4 is 15.2 Å². The first kappa shape index (κ1) is 24.4. The number of alkyl halides is 1. The third kappa shape index (κ3) is 5.41. The molecule has 1 saturated heterocycles. The van der Waals surface area contributed by atoms with E-state index in [1.165, 1.54) is 33.4 Å². The standard InChI is InChI=1S/C31H35FN2O2/c1-35-27-7-2-5-24(20-27)29-8-3-6-23-19-25(33)11-14-30(23)31(29)22-9-12-26(13-10-22)36-28-15-18-34(21-28)17-4-16-32/h2,5,7,9-14,19-20,28H,3-4,6,8,15-18,21,33H2,1H3/t28-/m0/s1. The summed E-state index contributed by atoms with van der Waals surface area (Å²) in [6.07, 6.45) is 4.77. The number of anilines is 1. The number of benzene rings is 3. The Kier molecular flexibility index (Phi) is 7.57. The van der Waals surface area contributed by atoms with Gasteiger partial charge in [-0.25, -0.2) is 0 Å². The van der Waals surface area contributed by atoms with Crippen LogP contribution in [-0.2, 0) is 6.42 Å². The molecule has 2 N–H and O–H groups in total. The van der Waals surface area contributed by atoms with Gasteiger partial charge in [0.15, 0.2) is 0 Å². The van der Waals surface area contributed by atoms with E-state index in [0.29, 0.717) is 6.42 Å². The summed E-state index contributed by atoms with van der Waals surface area (Å²) in [6, 6.07) is 23.1. The average molecular weight is 487 g/mol. The van der Waals surface area contributed by atoms with Crippen LogP contribution in [0.15, 0.2) is 66.7 Å². The monoisotopic (exact) mass is 486 g/mol. The van der Waals surface area contributed by atoms with Crippen LogP contribution in [0.25, 0.3) is 11.1 Å². The lowest BCUT2D eigenvalue weighted by Gasteiger charge is -2.19. The van der Waals surface area contributed by atoms with E-state index < -0.39 is 0 Å². The summed E-state index contributed by atoms with van der Waals surface area (Å²) in [7, 11) is 1.71. The van der Waals surface area contributed by atoms with Crippen LogP contribution in [0.1, 0.15) is 47.9 Å². The maximum Gasteiger partial charge on any atom is 0.119 e. The van der Waals surface area contributed by atoms with E-state index in [-0.39, 0.29) is 12.8 Å². The molecule has 3 aromatic rings. The van der Waals surface area contributed by atoms with E-state index in [0.717, 1.165) is 62.5 Å². The van der Waals surface area contributed by atoms with E-state index in [4.69, 9.17) is 15.2 Å². The quantitative estimate of drug-likeness (QED) is 0.375. The molecule has 5 heteroatoms. The van der Waals surface area contributed by atoms with Crippen molar-refractivity contribution in [2.24, 2.45) is 0 Å². The van der Waals surface area contributed by atoms with Gasteiger partial charge in [0, 0.05) is 25.3 Å². The highest BCUT2D eigenvalue weighted by Crippen LogP contribution is 2.41. The maximum atomic E-state index is 12.5. The Hall–Kier alpha value is -3.31. The van der Waals surface area contributed by atoms with Crippen molar-refractivity contribution in [3.8, 4) is 11.5 Å². The molecule has 1 fully saturated rings. The Morgan fingerprint density at radius 1 is 0.972 bits per heavy atom. The zero-order chi connectivity index (χ0) is 24.9. The zero-order valence-corrected chi connectivity index (χ0v) is 21.0. The highest BCUT2D eigenvalue weighted by molar-refractivity contribution is 6.00. The van der Waals surface area contributed by atoms with Crippen molar-refractivity contribution in [3.05, 3.63) is 89.0 Å². The van der Waals surface area contributed by atoms with Crippen molar-refractivity contribution < 1.29 is 13.9 Å². The largest absolute Gasteiger partial charge is 0.497 e. The Balaban J connectivity index is 1.47. The van der Waals surface area contributed by atoms with Crippen molar-refractivity contribution in [2.45, 2.75) is 38.2 Å². The highest BCUT2D eigenvalue weighted by atomic mass is 19.1. The van der Waals surface area contributed by atoms with Gasteiger partial charge in [-0.05, 0) is 102 Å². The van der Waals surface area contributed by atoms with Gasteiger partial charge in [-0.15, -0.1) is 0 Å². The Morgan fingerprint density at radius 2 is 1.83 bits per heavy atom. The third-order valence-corrected chi connectivity index (χ3v) is 7.27. The molecule has 0 amide bonds. The molecule has 3 aromatic carbocycles. The first-order valence-electron chi connectivity index (χ1n) is 13.0. The SMILES string of the molecule is COc1cccc(C2=C(c3ccc(O[C@H]4CCN(CCCF)C4)cc3)c3ccc(N)cc3CCC2)c1. The number of nitrogens with two attached hydrogens (primary N) is 1. The number of halogens is 1. The van der Waals surface area contributed by atoms with Gasteiger partial charge in [-0.1, -0.05) is 30.3 Å². The molecule has 0 aromatic heterocycles. The average Bonchev–Trinajstić information content (AvgIpc) is 3.26. The molecule has 2 aliphatic rings. The number of nitrogens with zero attached hydrogens (tertiary/aromatic N) is 1. The second-order valence-electron chi connectivity index (χ2n) is 9.75. The van der Waals surface area contributed by atoms with Crippen LogP contribution >= 0.6 is 0 Å². The molecule has 0 saturated carbocycles. The Morgan fingerprint density at radius 3 is 2.64 bits per heavy atom. The third-order valence-electron chi connectivity index (χ3n) is 7.27. The Labute approximate surface area is 213 Å². The fourth-order valence-electron chi connectivity index (χ4n) is 5.51. The van der Waals surface area contributed by atoms with Crippen LogP contribution in [0, 0.1) is 0 Å². The summed E-state index contributed by atoms with van der Waals surface area (Å²) < 4.78 is 24.3. The van der Waals surface area contributed by atoms with Gasteiger partial charge in [-0.3, -0.25) is 9.29 Å². The van der Waals surface area contributed by atoms with Gasteiger partial charge in [0.1, 0.15) is 17.6 Å². The van der Waals surface area contributed by atoms with Gasteiger partial charge in [0.05, 0.1) is 13.8 Å². The van der Waals surface area contributed by atoms with Crippen LogP contribution in [0.3, 0.4) is 0 Å². The molecular weight excluding hydrogens is 451 g/mol. The van der Waals surface area contributed by atoms with Crippen molar-refractivity contribution in [2.75, 3.05) is 39.2 Å². The molecule has 0 spiro atoms. The second kappa shape index (κ2) is 11.2. The Bertz CT molecular complexity index is 1220. The summed E-state index contributed by atoms with van der Waals surface area (Å²) in [5, 5.41) is 0. The highest BCUT2D eigenvalue weighted by Gasteiger charge is 2.24. The van der Waals surface area contributed by atoms with E-state index in [1.807, 2.05) is 12.1 Å². The molecule has 0 radical (unpaired) electrons. The number of allylic oxidation sites excluding steroid dienone is 1. The van der Waals surface area contributed by atoms with Crippen molar-refractivity contribution in [1.82, 2.24) is 4.90 Å². The lowest BCUT2D eigenvalue weighted by molar-refractivity contribution is 0.198. The summed E-state index contributed by atoms with van der Waals surface area (Å²) in [5.74, 6) is 1.74. The molecule has 1 aliphatic carbocycles. The van der Waals surface area contributed by atoms with Gasteiger partial charge < -0.3 is 15.2 Å². The van der Waals surface area contributed by atoms with E-state index in [9.17, 15) is 4.39 Å². The first-order chi connectivity index (χ1) is 17.6. The maximum absolute atomic E-state index is 12.5. The summed E-state index contributed by atoms with van der Waals surface area (Å²) in [5.41, 5.74) is 14.4. The molecule has 1 aliphatic heterocycles. The van der Waals surface area contributed by atoms with Gasteiger partial charge in [0.2, 0.25) is 0 Å². The van der Waals surface area contributed by atoms with Gasteiger partial charge in [-0.2, -0.15) is 0 Å². The fraction of sp³-hybridized carbons (Fsp3) is 0.355.